The van der Waals surface area contributed by atoms with Crippen LogP contribution >= 0.6 is 23.1 Å². The van der Waals surface area contributed by atoms with Crippen molar-refractivity contribution >= 4 is 34.1 Å². The van der Waals surface area contributed by atoms with Crippen molar-refractivity contribution in [3.8, 4) is 5.75 Å². The van der Waals surface area contributed by atoms with Gasteiger partial charge in [-0.2, -0.15) is 0 Å². The van der Waals surface area contributed by atoms with Crippen molar-refractivity contribution < 1.29 is 13.9 Å². The summed E-state index contributed by atoms with van der Waals surface area (Å²) < 4.78 is 10.6. The van der Waals surface area contributed by atoms with Crippen LogP contribution in [-0.2, 0) is 11.2 Å². The monoisotopic (exact) mass is 363 g/mol. The van der Waals surface area contributed by atoms with E-state index in [-0.39, 0.29) is 11.7 Å². The average molecular weight is 363 g/mol. The Labute approximate surface area is 145 Å². The second kappa shape index (κ2) is 7.88. The zero-order valence-corrected chi connectivity index (χ0v) is 14.3. The maximum absolute atomic E-state index is 11.7. The van der Waals surface area contributed by atoms with E-state index < -0.39 is 0 Å². The van der Waals surface area contributed by atoms with Crippen LogP contribution in [0.3, 0.4) is 0 Å². The smallest absolute Gasteiger partial charge is 0.277 e. The third-order valence-corrected chi connectivity index (χ3v) is 4.32. The van der Waals surface area contributed by atoms with Gasteiger partial charge in [0.2, 0.25) is 16.9 Å². The second-order valence-corrected chi connectivity index (χ2v) is 6.33. The van der Waals surface area contributed by atoms with Crippen LogP contribution in [0.4, 0.5) is 5.13 Å². The number of methoxy groups -OCH3 is 1. The van der Waals surface area contributed by atoms with Crippen LogP contribution in [0.2, 0.25) is 0 Å². The van der Waals surface area contributed by atoms with Crippen LogP contribution < -0.4 is 10.1 Å². The van der Waals surface area contributed by atoms with Crippen molar-refractivity contribution in [3.63, 3.8) is 0 Å². The van der Waals surface area contributed by atoms with Gasteiger partial charge in [0, 0.05) is 0 Å². The molecular formula is C14H13N5O3S2. The molecule has 0 unspecified atom stereocenters. The van der Waals surface area contributed by atoms with Crippen LogP contribution in [0, 0.1) is 0 Å². The molecule has 0 aliphatic carbocycles. The van der Waals surface area contributed by atoms with E-state index in [2.05, 4.69) is 25.7 Å². The van der Waals surface area contributed by atoms with Crippen LogP contribution in [0.1, 0.15) is 11.5 Å². The van der Waals surface area contributed by atoms with Crippen molar-refractivity contribution in [1.29, 1.82) is 0 Å². The number of nitrogens with zero attached hydrogens (tertiary/aromatic N) is 4. The Morgan fingerprint density at radius 2 is 2.12 bits per heavy atom. The minimum Gasteiger partial charge on any atom is -0.497 e. The van der Waals surface area contributed by atoms with Gasteiger partial charge in [-0.25, -0.2) is 0 Å². The molecule has 1 aromatic carbocycles. The SMILES string of the molecule is COc1ccc(Cc2nnc(SCC(=O)Nc3nncs3)o2)cc1. The molecule has 0 aliphatic rings. The lowest BCUT2D eigenvalue weighted by Gasteiger charge is -2.00. The summed E-state index contributed by atoms with van der Waals surface area (Å²) in [5.74, 6) is 1.24. The molecule has 124 valence electrons. The van der Waals surface area contributed by atoms with Gasteiger partial charge < -0.3 is 9.15 Å². The van der Waals surface area contributed by atoms with Crippen molar-refractivity contribution in [2.45, 2.75) is 11.6 Å². The van der Waals surface area contributed by atoms with Gasteiger partial charge in [0.25, 0.3) is 5.22 Å². The lowest BCUT2D eigenvalue weighted by atomic mass is 10.1. The Morgan fingerprint density at radius 1 is 1.29 bits per heavy atom. The third kappa shape index (κ3) is 4.52. The maximum Gasteiger partial charge on any atom is 0.277 e. The van der Waals surface area contributed by atoms with E-state index >= 15 is 0 Å². The van der Waals surface area contributed by atoms with Crippen LogP contribution in [0.25, 0.3) is 0 Å². The molecule has 3 aromatic rings. The van der Waals surface area contributed by atoms with E-state index in [1.807, 2.05) is 24.3 Å². The van der Waals surface area contributed by atoms with Gasteiger partial charge in [-0.1, -0.05) is 35.2 Å². The summed E-state index contributed by atoms with van der Waals surface area (Å²) >= 11 is 2.43. The first-order chi connectivity index (χ1) is 11.7. The van der Waals surface area contributed by atoms with Crippen LogP contribution in [0.5, 0.6) is 5.75 Å². The Balaban J connectivity index is 1.50. The quantitative estimate of drug-likeness (QED) is 0.638. The highest BCUT2D eigenvalue weighted by Crippen LogP contribution is 2.19. The molecule has 0 atom stereocenters. The molecule has 24 heavy (non-hydrogen) atoms. The van der Waals surface area contributed by atoms with Crippen molar-refractivity contribution in [2.24, 2.45) is 0 Å². The first-order valence-corrected chi connectivity index (χ1v) is 8.73. The molecule has 8 nitrogen and oxygen atoms in total. The summed E-state index contributed by atoms with van der Waals surface area (Å²) in [5.41, 5.74) is 2.58. The number of benzene rings is 1. The number of aromatic nitrogens is 4. The highest BCUT2D eigenvalue weighted by molar-refractivity contribution is 7.99. The number of amides is 1. The standard InChI is InChI=1S/C14H13N5O3S2/c1-21-10-4-2-9(3-5-10)6-12-17-19-14(22-12)23-7-11(20)16-13-18-15-8-24-13/h2-5,8H,6-7H2,1H3,(H,16,18,20). The fraction of sp³-hybridized carbons (Fsp3) is 0.214. The minimum absolute atomic E-state index is 0.156. The predicted molar refractivity (Wildman–Crippen MR) is 89.4 cm³/mol. The molecule has 10 heteroatoms. The molecule has 0 aliphatic heterocycles. The molecule has 0 saturated heterocycles. The molecule has 0 bridgehead atoms. The predicted octanol–water partition coefficient (Wildman–Crippen LogP) is 2.25. The van der Waals surface area contributed by atoms with Gasteiger partial charge in [0.1, 0.15) is 11.3 Å². The van der Waals surface area contributed by atoms with Gasteiger partial charge in [0.05, 0.1) is 19.3 Å². The van der Waals surface area contributed by atoms with Gasteiger partial charge in [0.15, 0.2) is 0 Å². The van der Waals surface area contributed by atoms with Crippen LogP contribution in [-0.4, -0.2) is 39.2 Å². The molecular weight excluding hydrogens is 350 g/mol. The van der Waals surface area contributed by atoms with E-state index in [4.69, 9.17) is 9.15 Å². The molecule has 0 spiro atoms. The van der Waals surface area contributed by atoms with Crippen molar-refractivity contribution in [2.75, 3.05) is 18.2 Å². The fourth-order valence-electron chi connectivity index (χ4n) is 1.80. The zero-order chi connectivity index (χ0) is 16.8. The number of anilines is 1. The number of nitrogens with one attached hydrogen (secondary N) is 1. The molecule has 2 heterocycles. The molecule has 0 fully saturated rings. The topological polar surface area (TPSA) is 103 Å². The first kappa shape index (κ1) is 16.4. The number of thioether (sulfide) groups is 1. The Hall–Kier alpha value is -2.46. The minimum atomic E-state index is -0.202. The van der Waals surface area contributed by atoms with E-state index in [1.54, 1.807) is 12.6 Å². The summed E-state index contributed by atoms with van der Waals surface area (Å²) in [7, 11) is 1.62. The highest BCUT2D eigenvalue weighted by Gasteiger charge is 2.11. The van der Waals surface area contributed by atoms with Crippen molar-refractivity contribution in [3.05, 3.63) is 41.2 Å². The molecule has 0 radical (unpaired) electrons. The summed E-state index contributed by atoms with van der Waals surface area (Å²) in [6.45, 7) is 0. The Bertz CT molecular complexity index is 789. The lowest BCUT2D eigenvalue weighted by molar-refractivity contribution is -0.113. The number of hydrogen-bond donors (Lipinski definition) is 1. The molecule has 3 rings (SSSR count). The number of rotatable bonds is 7. The van der Waals surface area contributed by atoms with Gasteiger partial charge in [-0.3, -0.25) is 10.1 Å². The van der Waals surface area contributed by atoms with Gasteiger partial charge >= 0.3 is 0 Å². The fourth-order valence-corrected chi connectivity index (χ4v) is 2.84. The van der Waals surface area contributed by atoms with Gasteiger partial charge in [-0.15, -0.1) is 20.4 Å². The number of ether oxygens (including phenoxy) is 1. The van der Waals surface area contributed by atoms with Crippen LogP contribution in [0.15, 0.2) is 39.4 Å². The van der Waals surface area contributed by atoms with E-state index in [9.17, 15) is 4.79 Å². The lowest BCUT2D eigenvalue weighted by Crippen LogP contribution is -2.13. The second-order valence-electron chi connectivity index (χ2n) is 4.57. The molecule has 1 N–H and O–H groups in total. The largest absolute Gasteiger partial charge is 0.497 e. The third-order valence-electron chi connectivity index (χ3n) is 2.90. The average Bonchev–Trinajstić information content (AvgIpc) is 3.26. The summed E-state index contributed by atoms with van der Waals surface area (Å²) in [6.07, 6.45) is 0.522. The van der Waals surface area contributed by atoms with E-state index in [0.717, 1.165) is 11.3 Å². The Kier molecular flexibility index (Phi) is 5.39. The summed E-state index contributed by atoms with van der Waals surface area (Å²) in [5, 5.41) is 18.8. The molecule has 1 amide bonds. The summed E-state index contributed by atoms with van der Waals surface area (Å²) in [4.78, 5) is 11.7. The number of hydrogen-bond acceptors (Lipinski definition) is 9. The van der Waals surface area contributed by atoms with Crippen molar-refractivity contribution in [1.82, 2.24) is 20.4 Å². The molecule has 0 saturated carbocycles. The number of carbonyl (C=O) groups is 1. The molecule has 2 aromatic heterocycles. The highest BCUT2D eigenvalue weighted by atomic mass is 32.2. The first-order valence-electron chi connectivity index (χ1n) is 6.87. The Morgan fingerprint density at radius 3 is 2.83 bits per heavy atom. The summed E-state index contributed by atoms with van der Waals surface area (Å²) in [6, 6.07) is 7.62. The normalized spacial score (nSPS) is 10.5. The van der Waals surface area contributed by atoms with E-state index in [1.165, 1.54) is 23.1 Å². The van der Waals surface area contributed by atoms with Gasteiger partial charge in [-0.05, 0) is 17.7 Å². The zero-order valence-electron chi connectivity index (χ0n) is 12.6. The maximum atomic E-state index is 11.7. The van der Waals surface area contributed by atoms with E-state index in [0.29, 0.717) is 22.7 Å². The number of carbonyl (C=O) groups excluding carboxylic acids is 1.